The lowest BCUT2D eigenvalue weighted by atomic mass is 10.2. The first-order valence-electron chi connectivity index (χ1n) is 9.20. The number of benzene rings is 1. The van der Waals surface area contributed by atoms with Crippen molar-refractivity contribution in [1.82, 2.24) is 10.2 Å². The van der Waals surface area contributed by atoms with Crippen LogP contribution in [0.2, 0.25) is 0 Å². The Labute approximate surface area is 155 Å². The van der Waals surface area contributed by atoms with Crippen molar-refractivity contribution in [2.24, 2.45) is 0 Å². The van der Waals surface area contributed by atoms with E-state index in [9.17, 15) is 9.90 Å². The van der Waals surface area contributed by atoms with E-state index in [2.05, 4.69) is 10.2 Å². The minimum atomic E-state index is -0.103. The Morgan fingerprint density at radius 1 is 1.31 bits per heavy atom. The van der Waals surface area contributed by atoms with Gasteiger partial charge in [0.05, 0.1) is 20.8 Å². The fourth-order valence-electron chi connectivity index (χ4n) is 3.24. The Morgan fingerprint density at radius 2 is 2.12 bits per heavy atom. The summed E-state index contributed by atoms with van der Waals surface area (Å²) >= 11 is 0. The highest BCUT2D eigenvalue weighted by atomic mass is 16.5. The van der Waals surface area contributed by atoms with Crippen LogP contribution in [0.3, 0.4) is 0 Å². The maximum absolute atomic E-state index is 11.9. The number of nitrogens with one attached hydrogen (secondary N) is 1. The second kappa shape index (κ2) is 10.8. The molecular formula is C20H30N2O4. The lowest BCUT2D eigenvalue weighted by Crippen LogP contribution is -2.33. The Balaban J connectivity index is 1.67. The van der Waals surface area contributed by atoms with Crippen LogP contribution in [0.25, 0.3) is 6.08 Å². The van der Waals surface area contributed by atoms with E-state index in [1.165, 1.54) is 12.5 Å². The second-order valence-electron chi connectivity index (χ2n) is 6.46. The molecule has 6 heteroatoms. The van der Waals surface area contributed by atoms with Gasteiger partial charge in [0.2, 0.25) is 5.91 Å². The zero-order valence-electron chi connectivity index (χ0n) is 15.7. The SMILES string of the molecule is COc1ccc(/C=C/C(=O)NCCCCN2CCCC2CO)cc1OC. The third kappa shape index (κ3) is 6.04. The minimum absolute atomic E-state index is 0.103. The normalized spacial score (nSPS) is 17.6. The van der Waals surface area contributed by atoms with Crippen molar-refractivity contribution in [3.05, 3.63) is 29.8 Å². The molecule has 2 N–H and O–H groups in total. The van der Waals surface area contributed by atoms with Crippen LogP contribution in [0, 0.1) is 0 Å². The number of nitrogens with zero attached hydrogens (tertiary/aromatic N) is 1. The van der Waals surface area contributed by atoms with Gasteiger partial charge in [-0.05, 0) is 62.5 Å². The van der Waals surface area contributed by atoms with Crippen LogP contribution in [0.15, 0.2) is 24.3 Å². The van der Waals surface area contributed by atoms with Crippen molar-refractivity contribution in [3.8, 4) is 11.5 Å². The summed E-state index contributed by atoms with van der Waals surface area (Å²) in [7, 11) is 3.18. The van der Waals surface area contributed by atoms with Crippen LogP contribution in [0.1, 0.15) is 31.2 Å². The van der Waals surface area contributed by atoms with Crippen molar-refractivity contribution < 1.29 is 19.4 Å². The Kier molecular flexibility index (Phi) is 8.44. The lowest BCUT2D eigenvalue weighted by molar-refractivity contribution is -0.116. The summed E-state index contributed by atoms with van der Waals surface area (Å²) in [4.78, 5) is 14.3. The third-order valence-electron chi connectivity index (χ3n) is 4.72. The van der Waals surface area contributed by atoms with E-state index in [0.29, 0.717) is 24.1 Å². The quantitative estimate of drug-likeness (QED) is 0.492. The number of carbonyl (C=O) groups excluding carboxylic acids is 1. The molecule has 6 nitrogen and oxygen atoms in total. The van der Waals surface area contributed by atoms with E-state index in [1.54, 1.807) is 20.3 Å². The van der Waals surface area contributed by atoms with Gasteiger partial charge in [-0.25, -0.2) is 0 Å². The molecule has 1 fully saturated rings. The van der Waals surface area contributed by atoms with E-state index < -0.39 is 0 Å². The molecule has 0 aliphatic carbocycles. The highest BCUT2D eigenvalue weighted by Crippen LogP contribution is 2.27. The van der Waals surface area contributed by atoms with Crippen molar-refractivity contribution in [2.75, 3.05) is 40.5 Å². The van der Waals surface area contributed by atoms with E-state index in [1.807, 2.05) is 18.2 Å². The molecule has 144 valence electrons. The van der Waals surface area contributed by atoms with Crippen LogP contribution in [-0.2, 0) is 4.79 Å². The average Bonchev–Trinajstić information content (AvgIpc) is 3.13. The van der Waals surface area contributed by atoms with Gasteiger partial charge in [-0.1, -0.05) is 6.07 Å². The fraction of sp³-hybridized carbons (Fsp3) is 0.550. The van der Waals surface area contributed by atoms with Gasteiger partial charge in [0.15, 0.2) is 11.5 Å². The summed E-state index contributed by atoms with van der Waals surface area (Å²) in [6.45, 7) is 2.97. The van der Waals surface area contributed by atoms with Gasteiger partial charge in [0.25, 0.3) is 0 Å². The highest BCUT2D eigenvalue weighted by molar-refractivity contribution is 5.91. The monoisotopic (exact) mass is 362 g/mol. The van der Waals surface area contributed by atoms with Crippen molar-refractivity contribution in [1.29, 1.82) is 0 Å². The van der Waals surface area contributed by atoms with Crippen LogP contribution < -0.4 is 14.8 Å². The number of amides is 1. The molecule has 1 amide bonds. The summed E-state index contributed by atoms with van der Waals surface area (Å²) in [5.74, 6) is 1.20. The van der Waals surface area contributed by atoms with Gasteiger partial charge in [0, 0.05) is 18.7 Å². The first-order valence-corrected chi connectivity index (χ1v) is 9.20. The van der Waals surface area contributed by atoms with E-state index in [-0.39, 0.29) is 12.5 Å². The zero-order chi connectivity index (χ0) is 18.8. The van der Waals surface area contributed by atoms with Crippen LogP contribution in [0.4, 0.5) is 0 Å². The molecule has 1 heterocycles. The molecule has 1 atom stereocenters. The van der Waals surface area contributed by atoms with Gasteiger partial charge < -0.3 is 19.9 Å². The highest BCUT2D eigenvalue weighted by Gasteiger charge is 2.22. The molecular weight excluding hydrogens is 332 g/mol. The molecule has 0 saturated carbocycles. The third-order valence-corrected chi connectivity index (χ3v) is 4.72. The van der Waals surface area contributed by atoms with Crippen LogP contribution in [-0.4, -0.2) is 62.4 Å². The standard InChI is InChI=1S/C20H30N2O4/c1-25-18-9-7-16(14-19(18)26-2)8-10-20(24)21-11-3-4-12-22-13-5-6-17(22)15-23/h7-10,14,17,23H,3-6,11-13,15H2,1-2H3,(H,21,24)/b10-8+. The molecule has 0 radical (unpaired) electrons. The Hall–Kier alpha value is -2.05. The van der Waals surface area contributed by atoms with Gasteiger partial charge in [0.1, 0.15) is 0 Å². The molecule has 1 unspecified atom stereocenters. The zero-order valence-corrected chi connectivity index (χ0v) is 15.7. The number of aliphatic hydroxyl groups is 1. The molecule has 1 aliphatic heterocycles. The summed E-state index contributed by atoms with van der Waals surface area (Å²) < 4.78 is 10.5. The number of hydrogen-bond acceptors (Lipinski definition) is 5. The topological polar surface area (TPSA) is 71.0 Å². The largest absolute Gasteiger partial charge is 0.493 e. The molecule has 0 aromatic heterocycles. The predicted octanol–water partition coefficient (Wildman–Crippen LogP) is 2.07. The maximum Gasteiger partial charge on any atom is 0.243 e. The first kappa shape index (κ1) is 20.3. The number of likely N-dealkylation sites (tertiary alicyclic amines) is 1. The maximum atomic E-state index is 11.9. The summed E-state index contributed by atoms with van der Waals surface area (Å²) in [5.41, 5.74) is 0.877. The molecule has 26 heavy (non-hydrogen) atoms. The van der Waals surface area contributed by atoms with E-state index in [0.717, 1.165) is 37.9 Å². The minimum Gasteiger partial charge on any atom is -0.493 e. The molecule has 1 aliphatic rings. The summed E-state index contributed by atoms with van der Waals surface area (Å²) in [5, 5.41) is 12.2. The summed E-state index contributed by atoms with van der Waals surface area (Å²) in [6.07, 6.45) is 7.51. The van der Waals surface area contributed by atoms with Crippen molar-refractivity contribution >= 4 is 12.0 Å². The lowest BCUT2D eigenvalue weighted by Gasteiger charge is -2.22. The van der Waals surface area contributed by atoms with Crippen LogP contribution >= 0.6 is 0 Å². The number of unbranched alkanes of at least 4 members (excludes halogenated alkanes) is 1. The molecule has 1 saturated heterocycles. The van der Waals surface area contributed by atoms with Crippen LogP contribution in [0.5, 0.6) is 11.5 Å². The van der Waals surface area contributed by atoms with E-state index >= 15 is 0 Å². The van der Waals surface area contributed by atoms with E-state index in [4.69, 9.17) is 9.47 Å². The number of ether oxygens (including phenoxy) is 2. The van der Waals surface area contributed by atoms with Crippen molar-refractivity contribution in [2.45, 2.75) is 31.7 Å². The van der Waals surface area contributed by atoms with Gasteiger partial charge >= 0.3 is 0 Å². The number of rotatable bonds is 10. The average molecular weight is 362 g/mol. The fourth-order valence-corrected chi connectivity index (χ4v) is 3.24. The second-order valence-corrected chi connectivity index (χ2v) is 6.46. The number of carbonyl (C=O) groups is 1. The van der Waals surface area contributed by atoms with Gasteiger partial charge in [-0.2, -0.15) is 0 Å². The number of aliphatic hydroxyl groups excluding tert-OH is 1. The summed E-state index contributed by atoms with van der Waals surface area (Å²) in [6, 6.07) is 5.85. The molecule has 0 spiro atoms. The van der Waals surface area contributed by atoms with Gasteiger partial charge in [-0.15, -0.1) is 0 Å². The van der Waals surface area contributed by atoms with Gasteiger partial charge in [-0.3, -0.25) is 9.69 Å². The molecule has 2 rings (SSSR count). The molecule has 0 bridgehead atoms. The number of hydrogen-bond donors (Lipinski definition) is 2. The number of methoxy groups -OCH3 is 2. The Morgan fingerprint density at radius 3 is 2.85 bits per heavy atom. The first-order chi connectivity index (χ1) is 12.7. The predicted molar refractivity (Wildman–Crippen MR) is 103 cm³/mol. The molecule has 1 aromatic carbocycles. The smallest absolute Gasteiger partial charge is 0.243 e. The van der Waals surface area contributed by atoms with Crippen molar-refractivity contribution in [3.63, 3.8) is 0 Å². The Bertz CT molecular complexity index is 603. The molecule has 1 aromatic rings.